The monoisotopic (exact) mass is 357 g/mol. The van der Waals surface area contributed by atoms with E-state index in [1.165, 1.54) is 17.0 Å². The molecule has 0 radical (unpaired) electrons. The second-order valence-corrected chi connectivity index (χ2v) is 7.40. The molecular weight excluding hydrogens is 330 g/mol. The summed E-state index contributed by atoms with van der Waals surface area (Å²) in [5.41, 5.74) is 4.71. The minimum absolute atomic E-state index is 0.0713. The Morgan fingerprint density at radius 1 is 1.28 bits per heavy atom. The Labute approximate surface area is 155 Å². The molecule has 3 rings (SSSR count). The average molecular weight is 358 g/mol. The molecule has 1 saturated heterocycles. The summed E-state index contributed by atoms with van der Waals surface area (Å²) >= 11 is 5.69. The lowest BCUT2D eigenvalue weighted by Gasteiger charge is -2.28. The van der Waals surface area contributed by atoms with Gasteiger partial charge in [0.15, 0.2) is 5.11 Å². The number of aryl methyl sites for hydroxylation is 2. The van der Waals surface area contributed by atoms with Gasteiger partial charge in [-0.05, 0) is 76.9 Å². The van der Waals surface area contributed by atoms with E-state index in [-0.39, 0.29) is 12.1 Å². The van der Waals surface area contributed by atoms with Gasteiger partial charge in [0, 0.05) is 24.1 Å². The molecule has 0 aliphatic carbocycles. The Bertz CT molecular complexity index is 725. The van der Waals surface area contributed by atoms with E-state index >= 15 is 0 Å². The van der Waals surface area contributed by atoms with Crippen LogP contribution in [0.4, 0.5) is 0 Å². The summed E-state index contributed by atoms with van der Waals surface area (Å²) < 4.78 is 0. The van der Waals surface area contributed by atoms with Crippen molar-refractivity contribution < 1.29 is 0 Å². The van der Waals surface area contributed by atoms with Crippen molar-refractivity contribution in [3.63, 3.8) is 0 Å². The third-order valence-electron chi connectivity index (χ3n) is 4.71. The van der Waals surface area contributed by atoms with Gasteiger partial charge in [-0.25, -0.2) is 0 Å². The summed E-state index contributed by atoms with van der Waals surface area (Å²) in [6.45, 7) is 6.22. The second-order valence-electron chi connectivity index (χ2n) is 7.01. The van der Waals surface area contributed by atoms with E-state index in [0.717, 1.165) is 30.3 Å². The molecule has 0 saturated carbocycles. The number of aromatic nitrogens is 2. The molecule has 0 bridgehead atoms. The minimum atomic E-state index is 0.0713. The van der Waals surface area contributed by atoms with Crippen LogP contribution in [0, 0.1) is 13.8 Å². The Morgan fingerprint density at radius 3 is 2.68 bits per heavy atom. The van der Waals surface area contributed by atoms with Crippen molar-refractivity contribution >= 4 is 17.3 Å². The van der Waals surface area contributed by atoms with E-state index < -0.39 is 0 Å². The zero-order chi connectivity index (χ0) is 18.0. The zero-order valence-electron chi connectivity index (χ0n) is 15.4. The van der Waals surface area contributed by atoms with Crippen molar-refractivity contribution in [3.8, 4) is 0 Å². The summed E-state index contributed by atoms with van der Waals surface area (Å²) in [5.74, 6) is 0. The highest BCUT2D eigenvalue weighted by Gasteiger charge is 2.40. The molecule has 0 aromatic carbocycles. The molecule has 5 nitrogen and oxygen atoms in total. The number of rotatable bonds is 6. The van der Waals surface area contributed by atoms with Crippen molar-refractivity contribution in [2.24, 2.45) is 0 Å². The van der Waals surface area contributed by atoms with E-state index in [4.69, 9.17) is 12.2 Å². The molecule has 134 valence electrons. The minimum Gasteiger partial charge on any atom is -0.362 e. The highest BCUT2D eigenvalue weighted by atomic mass is 32.1. The Hall–Kier alpha value is -1.92. The molecule has 6 heteroatoms. The van der Waals surface area contributed by atoms with Crippen molar-refractivity contribution in [3.05, 3.63) is 53.1 Å². The lowest BCUT2D eigenvalue weighted by atomic mass is 9.96. The number of pyridine rings is 1. The van der Waals surface area contributed by atoms with E-state index in [2.05, 4.69) is 65.2 Å². The molecule has 2 N–H and O–H groups in total. The van der Waals surface area contributed by atoms with Crippen LogP contribution >= 0.6 is 12.2 Å². The molecule has 3 heterocycles. The van der Waals surface area contributed by atoms with E-state index in [0.29, 0.717) is 0 Å². The number of aromatic amines is 1. The fourth-order valence-corrected chi connectivity index (χ4v) is 3.93. The van der Waals surface area contributed by atoms with Crippen LogP contribution in [-0.4, -0.2) is 52.1 Å². The fraction of sp³-hybridized carbons (Fsp3) is 0.474. The van der Waals surface area contributed by atoms with Gasteiger partial charge in [0.2, 0.25) is 0 Å². The van der Waals surface area contributed by atoms with Crippen LogP contribution in [0.3, 0.4) is 0 Å². The number of thiocarbonyl (C=S) groups is 1. The largest absolute Gasteiger partial charge is 0.362 e. The first-order chi connectivity index (χ1) is 12.0. The van der Waals surface area contributed by atoms with Gasteiger partial charge in [0.1, 0.15) is 0 Å². The summed E-state index contributed by atoms with van der Waals surface area (Å²) in [7, 11) is 4.21. The molecular formula is C19H27N5S. The summed E-state index contributed by atoms with van der Waals surface area (Å²) in [6, 6.07) is 8.53. The van der Waals surface area contributed by atoms with E-state index in [9.17, 15) is 0 Å². The zero-order valence-corrected chi connectivity index (χ0v) is 16.2. The van der Waals surface area contributed by atoms with Gasteiger partial charge in [-0.1, -0.05) is 6.07 Å². The third-order valence-corrected chi connectivity index (χ3v) is 5.06. The molecule has 0 spiro atoms. The van der Waals surface area contributed by atoms with Crippen molar-refractivity contribution in [1.82, 2.24) is 25.1 Å². The van der Waals surface area contributed by atoms with Gasteiger partial charge in [0.25, 0.3) is 0 Å². The van der Waals surface area contributed by atoms with Crippen LogP contribution in [0.25, 0.3) is 0 Å². The first-order valence-electron chi connectivity index (χ1n) is 8.76. The van der Waals surface area contributed by atoms with Crippen LogP contribution in [0.15, 0.2) is 30.5 Å². The lowest BCUT2D eigenvalue weighted by Crippen LogP contribution is -2.32. The number of hydrogen-bond acceptors (Lipinski definition) is 3. The van der Waals surface area contributed by atoms with Crippen LogP contribution in [0.5, 0.6) is 0 Å². The van der Waals surface area contributed by atoms with E-state index in [1.807, 2.05) is 18.3 Å². The third kappa shape index (κ3) is 3.85. The molecule has 0 unspecified atom stereocenters. The highest BCUT2D eigenvalue weighted by Crippen LogP contribution is 2.40. The van der Waals surface area contributed by atoms with Crippen molar-refractivity contribution in [2.45, 2.75) is 32.4 Å². The summed E-state index contributed by atoms with van der Waals surface area (Å²) in [4.78, 5) is 12.6. The Balaban J connectivity index is 1.93. The standard InChI is InChI=1S/C19H27N5S/c1-13-12-15(14(2)21-13)18-17(16-8-5-6-9-20-16)22-19(25)24(18)11-7-10-23(3)4/h5-6,8-9,12,17-18,21H,7,10-11H2,1-4H3,(H,22,25)/t17-,18-/m1/s1. The molecule has 2 aromatic heterocycles. The van der Waals surface area contributed by atoms with Crippen molar-refractivity contribution in [2.75, 3.05) is 27.2 Å². The maximum absolute atomic E-state index is 5.69. The Kier molecular flexibility index (Phi) is 5.39. The fourth-order valence-electron chi connectivity index (χ4n) is 3.59. The number of H-pyrrole nitrogens is 1. The predicted octanol–water partition coefficient (Wildman–Crippen LogP) is 2.95. The van der Waals surface area contributed by atoms with Gasteiger partial charge in [-0.2, -0.15) is 0 Å². The highest BCUT2D eigenvalue weighted by molar-refractivity contribution is 7.80. The predicted molar refractivity (Wildman–Crippen MR) is 106 cm³/mol. The molecule has 1 aliphatic rings. The SMILES string of the molecule is Cc1cc([C@@H]2[C@@H](c3ccccn3)NC(=S)N2CCCN(C)C)c(C)[nH]1. The van der Waals surface area contributed by atoms with E-state index in [1.54, 1.807) is 0 Å². The lowest BCUT2D eigenvalue weighted by molar-refractivity contribution is 0.292. The Morgan fingerprint density at radius 2 is 2.08 bits per heavy atom. The van der Waals surface area contributed by atoms with Crippen LogP contribution in [-0.2, 0) is 0 Å². The molecule has 1 aliphatic heterocycles. The molecule has 1 fully saturated rings. The van der Waals surface area contributed by atoms with Crippen LogP contribution in [0.1, 0.15) is 41.1 Å². The molecule has 2 atom stereocenters. The average Bonchev–Trinajstić information content (AvgIpc) is 3.07. The molecule has 0 amide bonds. The maximum atomic E-state index is 5.69. The maximum Gasteiger partial charge on any atom is 0.170 e. The van der Waals surface area contributed by atoms with Gasteiger partial charge >= 0.3 is 0 Å². The van der Waals surface area contributed by atoms with Crippen molar-refractivity contribution in [1.29, 1.82) is 0 Å². The normalized spacial score (nSPS) is 20.4. The summed E-state index contributed by atoms with van der Waals surface area (Å²) in [6.07, 6.45) is 2.92. The number of hydrogen-bond donors (Lipinski definition) is 2. The van der Waals surface area contributed by atoms with Crippen LogP contribution < -0.4 is 5.32 Å². The van der Waals surface area contributed by atoms with Gasteiger partial charge in [-0.15, -0.1) is 0 Å². The summed E-state index contributed by atoms with van der Waals surface area (Å²) in [5, 5.41) is 4.33. The first-order valence-corrected chi connectivity index (χ1v) is 9.17. The van der Waals surface area contributed by atoms with Gasteiger partial charge in [-0.3, -0.25) is 4.98 Å². The molecule has 2 aromatic rings. The molecule has 25 heavy (non-hydrogen) atoms. The van der Waals surface area contributed by atoms with Crippen LogP contribution in [0.2, 0.25) is 0 Å². The number of nitrogens with one attached hydrogen (secondary N) is 2. The topological polar surface area (TPSA) is 47.2 Å². The smallest absolute Gasteiger partial charge is 0.170 e. The van der Waals surface area contributed by atoms with Gasteiger partial charge in [0.05, 0.1) is 17.8 Å². The number of nitrogens with zero attached hydrogens (tertiary/aromatic N) is 3. The van der Waals surface area contributed by atoms with Gasteiger partial charge < -0.3 is 20.1 Å². The second kappa shape index (κ2) is 7.54. The quantitative estimate of drug-likeness (QED) is 0.779. The first kappa shape index (κ1) is 17.9.